The molecule has 5 heteroatoms. The number of aliphatic hydroxyl groups excluding tert-OH is 2. The molecule has 40 heavy (non-hydrogen) atoms. The van der Waals surface area contributed by atoms with Crippen LogP contribution in [0, 0.1) is 0 Å². The molecule has 0 aliphatic carbocycles. The first-order valence-corrected chi connectivity index (χ1v) is 13.3. The highest BCUT2D eigenvalue weighted by Gasteiger charge is 2.26. The summed E-state index contributed by atoms with van der Waals surface area (Å²) in [5, 5.41) is 15.2. The van der Waals surface area contributed by atoms with Crippen LogP contribution in [-0.4, -0.2) is 62.1 Å². The molecule has 2 heterocycles. The Hall–Kier alpha value is -2.54. The highest BCUT2D eigenvalue weighted by molar-refractivity contribution is 4.71. The minimum Gasteiger partial charge on any atom is -0.394 e. The number of rotatable bonds is 5. The van der Waals surface area contributed by atoms with Crippen molar-refractivity contribution in [3.63, 3.8) is 0 Å². The standard InChI is InChI=1S/C6H10O3.9C3H6.C2H6O2/c1(5-3-8-5)7-2-6-4-9-6;9*1-3-2;3-1-2-4/h5-6H,1-4H2;9*3H,1H2,2H3;3-4H,1-2H2. The monoisotopic (exact) mass is 571 g/mol. The third-order valence-electron chi connectivity index (χ3n) is 1.51. The molecule has 2 N–H and O–H groups in total. The van der Waals surface area contributed by atoms with Gasteiger partial charge in [-0.3, -0.25) is 0 Å². The lowest BCUT2D eigenvalue weighted by Gasteiger charge is -1.95. The molecular formula is C35H70O5. The van der Waals surface area contributed by atoms with Crippen LogP contribution in [0.4, 0.5) is 0 Å². The van der Waals surface area contributed by atoms with E-state index in [1.807, 2.05) is 62.3 Å². The second-order valence-electron chi connectivity index (χ2n) is 6.57. The smallest absolute Gasteiger partial charge is 0.104 e. The SMILES string of the molecule is C(OCC1CO1)C1CO1.C=CC.C=CC.C=CC.C=CC.C=CC.C=CC.C=CC.C=CC.C=CC.OCCO. The molecule has 5 nitrogen and oxygen atoms in total. The van der Waals surface area contributed by atoms with Gasteiger partial charge in [0.15, 0.2) is 0 Å². The molecule has 2 unspecified atom stereocenters. The summed E-state index contributed by atoms with van der Waals surface area (Å²) < 4.78 is 15.1. The maximum atomic E-state index is 7.62. The fourth-order valence-corrected chi connectivity index (χ4v) is 0.659. The van der Waals surface area contributed by atoms with Gasteiger partial charge < -0.3 is 24.4 Å². The van der Waals surface area contributed by atoms with Gasteiger partial charge in [0.05, 0.1) is 39.6 Å². The second kappa shape index (κ2) is 99.5. The van der Waals surface area contributed by atoms with Crippen LogP contribution in [0.15, 0.2) is 114 Å². The van der Waals surface area contributed by atoms with E-state index in [-0.39, 0.29) is 13.2 Å². The summed E-state index contributed by atoms with van der Waals surface area (Å²) in [6, 6.07) is 0. The molecule has 0 radical (unpaired) electrons. The lowest BCUT2D eigenvalue weighted by Crippen LogP contribution is -2.06. The number of allylic oxidation sites excluding steroid dienone is 9. The Morgan fingerprint density at radius 3 is 0.675 bits per heavy atom. The quantitative estimate of drug-likeness (QED) is 0.254. The molecule has 0 saturated carbocycles. The van der Waals surface area contributed by atoms with Crippen LogP contribution in [0.1, 0.15) is 62.3 Å². The molecular weight excluding hydrogens is 500 g/mol. The highest BCUT2D eigenvalue weighted by atomic mass is 16.6. The summed E-state index contributed by atoms with van der Waals surface area (Å²) in [5.74, 6) is 0. The van der Waals surface area contributed by atoms with Crippen LogP contribution in [0.2, 0.25) is 0 Å². The average Bonchev–Trinajstić information content (AvgIpc) is 3.81. The van der Waals surface area contributed by atoms with Gasteiger partial charge >= 0.3 is 0 Å². The van der Waals surface area contributed by atoms with Crippen LogP contribution in [-0.2, 0) is 14.2 Å². The molecule has 0 aromatic rings. The van der Waals surface area contributed by atoms with Crippen molar-refractivity contribution in [3.05, 3.63) is 114 Å². The molecule has 2 aliphatic heterocycles. The predicted molar refractivity (Wildman–Crippen MR) is 187 cm³/mol. The van der Waals surface area contributed by atoms with E-state index >= 15 is 0 Å². The molecule has 0 spiro atoms. The van der Waals surface area contributed by atoms with Crippen LogP contribution >= 0.6 is 0 Å². The van der Waals surface area contributed by atoms with E-state index in [1.54, 1.807) is 54.7 Å². The second-order valence-corrected chi connectivity index (χ2v) is 6.57. The van der Waals surface area contributed by atoms with E-state index in [0.717, 1.165) is 26.4 Å². The van der Waals surface area contributed by atoms with Crippen molar-refractivity contribution in [3.8, 4) is 0 Å². The number of aliphatic hydroxyl groups is 2. The van der Waals surface area contributed by atoms with Crippen molar-refractivity contribution < 1.29 is 24.4 Å². The van der Waals surface area contributed by atoms with Gasteiger partial charge in [-0.05, 0) is 62.3 Å². The fourth-order valence-electron chi connectivity index (χ4n) is 0.659. The largest absolute Gasteiger partial charge is 0.394 e. The van der Waals surface area contributed by atoms with Gasteiger partial charge in [-0.25, -0.2) is 0 Å². The summed E-state index contributed by atoms with van der Waals surface area (Å²) in [5.41, 5.74) is 0. The van der Waals surface area contributed by atoms with E-state index in [4.69, 9.17) is 24.4 Å². The molecule has 2 saturated heterocycles. The third-order valence-corrected chi connectivity index (χ3v) is 1.51. The Balaban J connectivity index is -0.0000000395. The fraction of sp³-hybridized carbons (Fsp3) is 0.486. The number of epoxide rings is 2. The van der Waals surface area contributed by atoms with E-state index in [2.05, 4.69) is 59.2 Å². The number of hydrogen-bond acceptors (Lipinski definition) is 5. The van der Waals surface area contributed by atoms with E-state index < -0.39 is 0 Å². The van der Waals surface area contributed by atoms with Gasteiger partial charge in [0.1, 0.15) is 12.2 Å². The summed E-state index contributed by atoms with van der Waals surface area (Å²) >= 11 is 0. The number of ether oxygens (including phenoxy) is 3. The predicted octanol–water partition coefficient (Wildman–Crippen LogP) is 9.50. The van der Waals surface area contributed by atoms with Gasteiger partial charge in [-0.15, -0.1) is 59.2 Å². The maximum Gasteiger partial charge on any atom is 0.104 e. The lowest BCUT2D eigenvalue weighted by molar-refractivity contribution is 0.102. The lowest BCUT2D eigenvalue weighted by atomic mass is 10.5. The first-order valence-electron chi connectivity index (χ1n) is 13.3. The third kappa shape index (κ3) is 385. The minimum absolute atomic E-state index is 0.125. The summed E-state index contributed by atoms with van der Waals surface area (Å²) in [7, 11) is 0. The van der Waals surface area contributed by atoms with Crippen molar-refractivity contribution in [1.82, 2.24) is 0 Å². The average molecular weight is 571 g/mol. The van der Waals surface area contributed by atoms with Gasteiger partial charge in [-0.1, -0.05) is 54.7 Å². The summed E-state index contributed by atoms with van der Waals surface area (Å²) in [6.07, 6.45) is 16.5. The van der Waals surface area contributed by atoms with Crippen LogP contribution in [0.3, 0.4) is 0 Å². The molecule has 240 valence electrons. The molecule has 0 amide bonds. The topological polar surface area (TPSA) is 74.8 Å². The van der Waals surface area contributed by atoms with Crippen molar-refractivity contribution in [2.24, 2.45) is 0 Å². The van der Waals surface area contributed by atoms with E-state index in [9.17, 15) is 0 Å². The van der Waals surface area contributed by atoms with Gasteiger partial charge in [-0.2, -0.15) is 0 Å². The van der Waals surface area contributed by atoms with Crippen LogP contribution < -0.4 is 0 Å². The summed E-state index contributed by atoms with van der Waals surface area (Å²) in [4.78, 5) is 0. The zero-order chi connectivity index (χ0) is 33.9. The Bertz CT molecular complexity index is 349. The molecule has 0 aromatic heterocycles. The van der Waals surface area contributed by atoms with E-state index in [1.165, 1.54) is 0 Å². The van der Waals surface area contributed by atoms with Crippen molar-refractivity contribution in [2.75, 3.05) is 39.6 Å². The van der Waals surface area contributed by atoms with Crippen molar-refractivity contribution in [2.45, 2.75) is 74.5 Å². The van der Waals surface area contributed by atoms with Crippen LogP contribution in [0.5, 0.6) is 0 Å². The Morgan fingerprint density at radius 1 is 0.475 bits per heavy atom. The van der Waals surface area contributed by atoms with E-state index in [0.29, 0.717) is 12.2 Å². The van der Waals surface area contributed by atoms with Gasteiger partial charge in [0, 0.05) is 0 Å². The first kappa shape index (κ1) is 61.5. The molecule has 2 fully saturated rings. The van der Waals surface area contributed by atoms with Crippen molar-refractivity contribution in [1.29, 1.82) is 0 Å². The molecule has 2 atom stereocenters. The number of hydrogen-bond donors (Lipinski definition) is 2. The molecule has 2 rings (SSSR count). The normalized spacial score (nSPS) is 12.4. The van der Waals surface area contributed by atoms with Gasteiger partial charge in [0.25, 0.3) is 0 Å². The van der Waals surface area contributed by atoms with Crippen molar-refractivity contribution >= 4 is 0 Å². The zero-order valence-corrected chi connectivity index (χ0v) is 28.1. The Morgan fingerprint density at radius 2 is 0.600 bits per heavy atom. The molecule has 0 bridgehead atoms. The Kier molecular flexibility index (Phi) is 153. The maximum absolute atomic E-state index is 7.62. The first-order chi connectivity index (χ1) is 19.1. The molecule has 2 aliphatic rings. The minimum atomic E-state index is -0.125. The van der Waals surface area contributed by atoms with Gasteiger partial charge in [0.2, 0.25) is 0 Å². The Labute approximate surface area is 252 Å². The summed E-state index contributed by atoms with van der Waals surface area (Å²) in [6.45, 7) is 50.3. The highest BCUT2D eigenvalue weighted by Crippen LogP contribution is 2.12. The zero-order valence-electron chi connectivity index (χ0n) is 28.1. The molecule has 0 aromatic carbocycles. The van der Waals surface area contributed by atoms with Crippen LogP contribution in [0.25, 0.3) is 0 Å².